The Hall–Kier alpha value is -2.17. The van der Waals surface area contributed by atoms with Crippen molar-refractivity contribution in [1.82, 2.24) is 9.97 Å². The second-order valence-electron chi connectivity index (χ2n) is 3.84. The molecule has 1 aromatic heterocycles. The molecule has 0 bridgehead atoms. The van der Waals surface area contributed by atoms with Gasteiger partial charge in [-0.1, -0.05) is 0 Å². The van der Waals surface area contributed by atoms with Gasteiger partial charge in [0.1, 0.15) is 12.2 Å². The zero-order valence-corrected chi connectivity index (χ0v) is 10.7. The summed E-state index contributed by atoms with van der Waals surface area (Å²) in [5.74, 6) is 4.48. The number of hydrazine groups is 1. The first kappa shape index (κ1) is 15.9. The molecule has 0 aliphatic carbocycles. The largest absolute Gasteiger partial charge is 0.405 e. The second kappa shape index (κ2) is 5.86. The number of rotatable bonds is 5. The van der Waals surface area contributed by atoms with Crippen molar-refractivity contribution in [3.8, 4) is 0 Å². The third kappa shape index (κ3) is 3.66. The first-order chi connectivity index (χ1) is 9.19. The van der Waals surface area contributed by atoms with E-state index in [4.69, 9.17) is 5.84 Å². The number of aryl methyl sites for hydroxylation is 1. The highest BCUT2D eigenvalue weighted by atomic mass is 19.4. The van der Waals surface area contributed by atoms with Crippen molar-refractivity contribution in [2.24, 2.45) is 5.84 Å². The van der Waals surface area contributed by atoms with Crippen molar-refractivity contribution in [3.63, 3.8) is 0 Å². The highest BCUT2D eigenvalue weighted by Crippen LogP contribution is 2.31. The lowest BCUT2D eigenvalue weighted by molar-refractivity contribution is -0.385. The Labute approximate surface area is 111 Å². The topological polar surface area (TPSA) is 110 Å². The number of nitrogens with two attached hydrogens (primary N) is 1. The molecule has 11 heteroatoms. The average Bonchev–Trinajstić information content (AvgIpc) is 2.33. The second-order valence-corrected chi connectivity index (χ2v) is 3.84. The lowest BCUT2D eigenvalue weighted by Gasteiger charge is -2.23. The van der Waals surface area contributed by atoms with Crippen LogP contribution in [-0.4, -0.2) is 34.2 Å². The molecule has 0 aliphatic rings. The number of nitrogens with one attached hydrogen (secondary N) is 1. The molecule has 0 atom stereocenters. The van der Waals surface area contributed by atoms with E-state index in [0.29, 0.717) is 0 Å². The zero-order chi connectivity index (χ0) is 15.5. The minimum atomic E-state index is -4.51. The van der Waals surface area contributed by atoms with E-state index in [2.05, 4.69) is 15.4 Å². The number of aromatic nitrogens is 2. The summed E-state index contributed by atoms with van der Waals surface area (Å²) in [6, 6.07) is 0. The van der Waals surface area contributed by atoms with Gasteiger partial charge in [-0.3, -0.25) is 15.5 Å². The number of alkyl halides is 3. The van der Waals surface area contributed by atoms with Crippen LogP contribution in [0.3, 0.4) is 0 Å². The van der Waals surface area contributed by atoms with Crippen LogP contribution in [0.5, 0.6) is 0 Å². The van der Waals surface area contributed by atoms with Crippen LogP contribution in [0.4, 0.5) is 30.6 Å². The van der Waals surface area contributed by atoms with E-state index in [-0.39, 0.29) is 18.2 Å². The number of hydrogen-bond acceptors (Lipinski definition) is 7. The van der Waals surface area contributed by atoms with Crippen molar-refractivity contribution in [2.75, 3.05) is 23.4 Å². The third-order valence-electron chi connectivity index (χ3n) is 2.40. The number of nitrogen functional groups attached to an aromatic ring is 1. The zero-order valence-electron chi connectivity index (χ0n) is 10.7. The van der Waals surface area contributed by atoms with E-state index in [1.54, 1.807) is 0 Å². The maximum atomic E-state index is 12.5. The standard InChI is InChI=1S/C9H13F3N6O2/c1-3-17(4-9(10,11)12)7-6(18(19)20)5(2)14-8(15-7)16-13/h3-4,13H2,1-2H3,(H,14,15,16). The molecule has 1 rings (SSSR count). The van der Waals surface area contributed by atoms with Gasteiger partial charge in [0.2, 0.25) is 11.8 Å². The molecule has 0 radical (unpaired) electrons. The molecule has 112 valence electrons. The SMILES string of the molecule is CCN(CC(F)(F)F)c1nc(NN)nc(C)c1[N+](=O)[O-]. The first-order valence-electron chi connectivity index (χ1n) is 5.51. The monoisotopic (exact) mass is 294 g/mol. The first-order valence-corrected chi connectivity index (χ1v) is 5.51. The molecule has 1 heterocycles. The summed E-state index contributed by atoms with van der Waals surface area (Å²) in [6.07, 6.45) is -4.51. The third-order valence-corrected chi connectivity index (χ3v) is 2.40. The molecular formula is C9H13F3N6O2. The van der Waals surface area contributed by atoms with E-state index in [0.717, 1.165) is 4.90 Å². The van der Waals surface area contributed by atoms with Gasteiger partial charge in [0.15, 0.2) is 0 Å². The van der Waals surface area contributed by atoms with Crippen molar-refractivity contribution < 1.29 is 18.1 Å². The molecule has 0 aromatic carbocycles. The maximum Gasteiger partial charge on any atom is 0.405 e. The highest BCUT2D eigenvalue weighted by Gasteiger charge is 2.34. The summed E-state index contributed by atoms with van der Waals surface area (Å²) >= 11 is 0. The molecule has 0 spiro atoms. The van der Waals surface area contributed by atoms with E-state index in [1.165, 1.54) is 13.8 Å². The van der Waals surface area contributed by atoms with Crippen LogP contribution < -0.4 is 16.2 Å². The normalized spacial score (nSPS) is 11.3. The van der Waals surface area contributed by atoms with Crippen molar-refractivity contribution in [1.29, 1.82) is 0 Å². The maximum absolute atomic E-state index is 12.5. The van der Waals surface area contributed by atoms with Gasteiger partial charge >= 0.3 is 11.9 Å². The summed E-state index contributed by atoms with van der Waals surface area (Å²) in [5.41, 5.74) is 1.41. The minimum absolute atomic E-state index is 0.0754. The molecule has 0 amide bonds. The van der Waals surface area contributed by atoms with Gasteiger partial charge in [-0.25, -0.2) is 10.8 Å². The van der Waals surface area contributed by atoms with Gasteiger partial charge in [-0.05, 0) is 13.8 Å². The molecule has 0 saturated carbocycles. The number of halogens is 3. The van der Waals surface area contributed by atoms with Gasteiger partial charge in [-0.2, -0.15) is 18.2 Å². The number of hydrogen-bond donors (Lipinski definition) is 2. The lowest BCUT2D eigenvalue weighted by Crippen LogP contribution is -2.35. The molecule has 20 heavy (non-hydrogen) atoms. The van der Waals surface area contributed by atoms with Gasteiger partial charge < -0.3 is 4.90 Å². The molecule has 0 unspecified atom stereocenters. The fraction of sp³-hybridized carbons (Fsp3) is 0.556. The number of nitro groups is 1. The van der Waals surface area contributed by atoms with Gasteiger partial charge in [0.05, 0.1) is 4.92 Å². The molecular weight excluding hydrogens is 281 g/mol. The molecule has 1 aromatic rings. The Kier molecular flexibility index (Phi) is 4.65. The van der Waals surface area contributed by atoms with Gasteiger partial charge in [-0.15, -0.1) is 0 Å². The molecule has 3 N–H and O–H groups in total. The predicted octanol–water partition coefficient (Wildman–Crippen LogP) is 1.37. The Morgan fingerprint density at radius 3 is 2.45 bits per heavy atom. The Balaban J connectivity index is 3.38. The smallest absolute Gasteiger partial charge is 0.342 e. The van der Waals surface area contributed by atoms with Gasteiger partial charge in [0, 0.05) is 6.54 Å². The lowest BCUT2D eigenvalue weighted by atomic mass is 10.3. The van der Waals surface area contributed by atoms with Crippen LogP contribution in [-0.2, 0) is 0 Å². The fourth-order valence-electron chi connectivity index (χ4n) is 1.60. The minimum Gasteiger partial charge on any atom is -0.342 e. The predicted molar refractivity (Wildman–Crippen MR) is 65.2 cm³/mol. The highest BCUT2D eigenvalue weighted by molar-refractivity contribution is 5.62. The number of nitrogens with zero attached hydrogens (tertiary/aromatic N) is 4. The quantitative estimate of drug-likeness (QED) is 0.479. The number of anilines is 2. The molecule has 0 saturated heterocycles. The van der Waals surface area contributed by atoms with E-state index >= 15 is 0 Å². The van der Waals surface area contributed by atoms with Crippen LogP contribution in [0.15, 0.2) is 0 Å². The van der Waals surface area contributed by atoms with Crippen LogP contribution in [0.1, 0.15) is 12.6 Å². The van der Waals surface area contributed by atoms with Crippen LogP contribution in [0.25, 0.3) is 0 Å². The van der Waals surface area contributed by atoms with Crippen molar-refractivity contribution in [2.45, 2.75) is 20.0 Å². The summed E-state index contributed by atoms with van der Waals surface area (Å²) in [6.45, 7) is 1.26. The molecule has 8 nitrogen and oxygen atoms in total. The van der Waals surface area contributed by atoms with E-state index < -0.39 is 29.1 Å². The molecule has 0 fully saturated rings. The molecule has 0 aliphatic heterocycles. The summed E-state index contributed by atoms with van der Waals surface area (Å²) in [4.78, 5) is 18.3. The summed E-state index contributed by atoms with van der Waals surface area (Å²) < 4.78 is 37.5. The van der Waals surface area contributed by atoms with Crippen LogP contribution >= 0.6 is 0 Å². The Morgan fingerprint density at radius 1 is 1.45 bits per heavy atom. The Morgan fingerprint density at radius 2 is 2.05 bits per heavy atom. The summed E-state index contributed by atoms with van der Waals surface area (Å²) in [7, 11) is 0. The van der Waals surface area contributed by atoms with Gasteiger partial charge in [0.25, 0.3) is 0 Å². The summed E-state index contributed by atoms with van der Waals surface area (Å²) in [5, 5.41) is 11.0. The average molecular weight is 294 g/mol. The Bertz CT molecular complexity index is 507. The van der Waals surface area contributed by atoms with E-state index in [1.807, 2.05) is 0 Å². The van der Waals surface area contributed by atoms with Crippen LogP contribution in [0, 0.1) is 17.0 Å². The van der Waals surface area contributed by atoms with Crippen molar-refractivity contribution in [3.05, 3.63) is 15.8 Å². The van der Waals surface area contributed by atoms with Crippen LogP contribution in [0.2, 0.25) is 0 Å². The van der Waals surface area contributed by atoms with Crippen molar-refractivity contribution >= 4 is 17.5 Å². The van der Waals surface area contributed by atoms with E-state index in [9.17, 15) is 23.3 Å². The fourth-order valence-corrected chi connectivity index (χ4v) is 1.60.